The summed E-state index contributed by atoms with van der Waals surface area (Å²) in [6.07, 6.45) is 0. The number of nitrogens with two attached hydrogens (primary N) is 2. The Morgan fingerprint density at radius 2 is 1.71 bits per heavy atom. The first-order valence-electron chi connectivity index (χ1n) is 6.27. The Bertz CT molecular complexity index is 826. The van der Waals surface area contributed by atoms with Gasteiger partial charge in [0.25, 0.3) is 0 Å². The third-order valence-corrected chi connectivity index (χ3v) is 3.68. The smallest absolute Gasteiger partial charge is 0.192 e. The minimum Gasteiger partial charge on any atom is -0.370 e. The summed E-state index contributed by atoms with van der Waals surface area (Å²) in [6.45, 7) is 0. The number of hydrogen-bond acceptors (Lipinski definition) is 3. The highest BCUT2D eigenvalue weighted by atomic mass is 79.9. The van der Waals surface area contributed by atoms with Gasteiger partial charge in [-0.25, -0.2) is 0 Å². The number of nitrogens with zero attached hydrogens (tertiary/aromatic N) is 3. The molecule has 0 aliphatic heterocycles. The van der Waals surface area contributed by atoms with E-state index in [1.165, 1.54) is 0 Å². The average molecular weight is 342 g/mol. The van der Waals surface area contributed by atoms with Crippen molar-refractivity contribution in [1.82, 2.24) is 10.2 Å². The molecule has 4 N–H and O–H groups in total. The van der Waals surface area contributed by atoms with Gasteiger partial charge in [0.15, 0.2) is 11.8 Å². The minimum absolute atomic E-state index is 0.0474. The van der Waals surface area contributed by atoms with E-state index in [-0.39, 0.29) is 5.96 Å². The first-order valence-corrected chi connectivity index (χ1v) is 7.06. The van der Waals surface area contributed by atoms with Crippen LogP contribution < -0.4 is 11.5 Å². The fourth-order valence-electron chi connectivity index (χ4n) is 2.16. The number of benzene rings is 2. The Balaban J connectivity index is 2.36. The molecule has 0 saturated heterocycles. The summed E-state index contributed by atoms with van der Waals surface area (Å²) >= 11 is 3.53. The van der Waals surface area contributed by atoms with Crippen LogP contribution in [0.25, 0.3) is 22.0 Å². The van der Waals surface area contributed by atoms with Crippen LogP contribution in [0.4, 0.5) is 5.82 Å². The van der Waals surface area contributed by atoms with Gasteiger partial charge in [0, 0.05) is 20.8 Å². The molecule has 0 atom stereocenters. The Morgan fingerprint density at radius 1 is 0.952 bits per heavy atom. The van der Waals surface area contributed by atoms with E-state index in [4.69, 9.17) is 11.5 Å². The summed E-state index contributed by atoms with van der Waals surface area (Å²) in [5.74, 6) is 0.353. The molecule has 0 radical (unpaired) electrons. The number of rotatable bonds is 2. The molecule has 3 rings (SSSR count). The van der Waals surface area contributed by atoms with Crippen LogP contribution in [0, 0.1) is 0 Å². The standard InChI is InChI=1S/C15H12BrN5/c16-11-8-4-7-10-12(11)14(19-15(17)18)21-20-13(10)9-5-2-1-3-6-9/h1-8H,(H4,17,18,19,21). The molecule has 0 spiro atoms. The highest BCUT2D eigenvalue weighted by molar-refractivity contribution is 9.10. The molecule has 0 amide bonds. The molecule has 0 saturated carbocycles. The lowest BCUT2D eigenvalue weighted by atomic mass is 10.0. The molecule has 2 aromatic carbocycles. The van der Waals surface area contributed by atoms with Crippen molar-refractivity contribution in [3.05, 3.63) is 53.0 Å². The van der Waals surface area contributed by atoms with Gasteiger partial charge in [-0.3, -0.25) is 0 Å². The van der Waals surface area contributed by atoms with Gasteiger partial charge in [-0.15, -0.1) is 10.2 Å². The zero-order valence-electron chi connectivity index (χ0n) is 11.0. The van der Waals surface area contributed by atoms with Crippen molar-refractivity contribution < 1.29 is 0 Å². The SMILES string of the molecule is NC(N)=Nc1nnc(-c2ccccc2)c2cccc(Br)c12. The normalized spacial score (nSPS) is 10.5. The largest absolute Gasteiger partial charge is 0.370 e. The van der Waals surface area contributed by atoms with Crippen molar-refractivity contribution in [2.24, 2.45) is 16.5 Å². The molecular formula is C15H12BrN5. The fourth-order valence-corrected chi connectivity index (χ4v) is 2.70. The van der Waals surface area contributed by atoms with Crippen molar-refractivity contribution in [3.63, 3.8) is 0 Å². The van der Waals surface area contributed by atoms with Gasteiger partial charge in [0.1, 0.15) is 5.69 Å². The summed E-state index contributed by atoms with van der Waals surface area (Å²) in [4.78, 5) is 4.05. The number of aromatic nitrogens is 2. The summed E-state index contributed by atoms with van der Waals surface area (Å²) in [5, 5.41) is 10.2. The second-order valence-corrected chi connectivity index (χ2v) is 5.29. The zero-order valence-corrected chi connectivity index (χ0v) is 12.6. The van der Waals surface area contributed by atoms with E-state index in [0.29, 0.717) is 5.82 Å². The maximum atomic E-state index is 5.46. The fraction of sp³-hybridized carbons (Fsp3) is 0. The molecule has 0 unspecified atom stereocenters. The van der Waals surface area contributed by atoms with Gasteiger partial charge in [-0.05, 0) is 6.07 Å². The van der Waals surface area contributed by atoms with Crippen molar-refractivity contribution in [3.8, 4) is 11.3 Å². The molecule has 0 aliphatic rings. The lowest BCUT2D eigenvalue weighted by Gasteiger charge is -2.08. The lowest BCUT2D eigenvalue weighted by molar-refractivity contribution is 1.05. The Morgan fingerprint density at radius 3 is 2.43 bits per heavy atom. The van der Waals surface area contributed by atoms with Gasteiger partial charge in [-0.2, -0.15) is 4.99 Å². The maximum Gasteiger partial charge on any atom is 0.192 e. The predicted molar refractivity (Wildman–Crippen MR) is 88.1 cm³/mol. The summed E-state index contributed by atoms with van der Waals surface area (Å²) < 4.78 is 0.868. The van der Waals surface area contributed by atoms with E-state index >= 15 is 0 Å². The Kier molecular flexibility index (Phi) is 3.53. The monoisotopic (exact) mass is 341 g/mol. The summed E-state index contributed by atoms with van der Waals surface area (Å²) in [5.41, 5.74) is 12.7. The third kappa shape index (κ3) is 2.57. The number of hydrogen-bond donors (Lipinski definition) is 2. The second-order valence-electron chi connectivity index (χ2n) is 4.44. The van der Waals surface area contributed by atoms with Crippen LogP contribution in [-0.2, 0) is 0 Å². The number of guanidine groups is 1. The lowest BCUT2D eigenvalue weighted by Crippen LogP contribution is -2.22. The number of fused-ring (bicyclic) bond motifs is 1. The molecule has 1 aromatic heterocycles. The van der Waals surface area contributed by atoms with E-state index in [0.717, 1.165) is 26.5 Å². The van der Waals surface area contributed by atoms with Crippen LogP contribution in [0.1, 0.15) is 0 Å². The molecule has 6 heteroatoms. The number of aliphatic imine (C=N–C) groups is 1. The van der Waals surface area contributed by atoms with Gasteiger partial charge >= 0.3 is 0 Å². The first-order chi connectivity index (χ1) is 10.2. The molecule has 3 aromatic rings. The van der Waals surface area contributed by atoms with Crippen LogP contribution in [-0.4, -0.2) is 16.2 Å². The molecule has 21 heavy (non-hydrogen) atoms. The van der Waals surface area contributed by atoms with Crippen LogP contribution >= 0.6 is 15.9 Å². The Labute approximate surface area is 129 Å². The van der Waals surface area contributed by atoms with Gasteiger partial charge in [-0.1, -0.05) is 58.4 Å². The van der Waals surface area contributed by atoms with E-state index in [9.17, 15) is 0 Å². The highest BCUT2D eigenvalue weighted by Crippen LogP contribution is 2.35. The average Bonchev–Trinajstić information content (AvgIpc) is 2.48. The molecule has 0 fully saturated rings. The summed E-state index contributed by atoms with van der Waals surface area (Å²) in [6, 6.07) is 15.7. The third-order valence-electron chi connectivity index (χ3n) is 3.02. The quantitative estimate of drug-likeness (QED) is 0.553. The van der Waals surface area contributed by atoms with Crippen molar-refractivity contribution in [2.75, 3.05) is 0 Å². The van der Waals surface area contributed by atoms with Crippen LogP contribution in [0.5, 0.6) is 0 Å². The van der Waals surface area contributed by atoms with Crippen molar-refractivity contribution >= 4 is 38.5 Å². The second kappa shape index (κ2) is 5.49. The molecule has 0 bridgehead atoms. The molecule has 1 heterocycles. The predicted octanol–water partition coefficient (Wildman–Crippen LogP) is 2.96. The molecule has 104 valence electrons. The van der Waals surface area contributed by atoms with E-state index < -0.39 is 0 Å². The molecule has 5 nitrogen and oxygen atoms in total. The van der Waals surface area contributed by atoms with E-state index in [2.05, 4.69) is 31.1 Å². The highest BCUT2D eigenvalue weighted by Gasteiger charge is 2.13. The van der Waals surface area contributed by atoms with Crippen LogP contribution in [0.2, 0.25) is 0 Å². The zero-order chi connectivity index (χ0) is 14.8. The number of halogens is 1. The van der Waals surface area contributed by atoms with Crippen LogP contribution in [0.15, 0.2) is 58.0 Å². The van der Waals surface area contributed by atoms with E-state index in [1.807, 2.05) is 48.5 Å². The van der Waals surface area contributed by atoms with E-state index in [1.54, 1.807) is 0 Å². The van der Waals surface area contributed by atoms with Crippen LogP contribution in [0.3, 0.4) is 0 Å². The van der Waals surface area contributed by atoms with Gasteiger partial charge in [0.2, 0.25) is 0 Å². The van der Waals surface area contributed by atoms with Crippen molar-refractivity contribution in [1.29, 1.82) is 0 Å². The molecule has 0 aliphatic carbocycles. The summed E-state index contributed by atoms with van der Waals surface area (Å²) in [7, 11) is 0. The first kappa shape index (κ1) is 13.5. The van der Waals surface area contributed by atoms with Gasteiger partial charge in [0.05, 0.1) is 0 Å². The topological polar surface area (TPSA) is 90.2 Å². The molecular weight excluding hydrogens is 330 g/mol. The Hall–Kier alpha value is -2.47. The van der Waals surface area contributed by atoms with Gasteiger partial charge < -0.3 is 11.5 Å². The van der Waals surface area contributed by atoms with Crippen molar-refractivity contribution in [2.45, 2.75) is 0 Å². The maximum absolute atomic E-state index is 5.46. The minimum atomic E-state index is -0.0474.